The quantitative estimate of drug-likeness (QED) is 0.804. The number of hydrogen-bond donors (Lipinski definition) is 1. The van der Waals surface area contributed by atoms with Gasteiger partial charge in [-0.25, -0.2) is 0 Å². The summed E-state index contributed by atoms with van der Waals surface area (Å²) in [4.78, 5) is 2.26. The molecule has 20 heavy (non-hydrogen) atoms. The number of nitrogens with zero attached hydrogens (tertiary/aromatic N) is 1. The van der Waals surface area contributed by atoms with Crippen LogP contribution in [0.25, 0.3) is 11.0 Å². The van der Waals surface area contributed by atoms with Crippen LogP contribution in [0.3, 0.4) is 0 Å². The Morgan fingerprint density at radius 3 is 2.85 bits per heavy atom. The number of methoxy groups -OCH3 is 1. The summed E-state index contributed by atoms with van der Waals surface area (Å²) in [6.07, 6.45) is 0. The fourth-order valence-corrected chi connectivity index (χ4v) is 2.30. The number of furan rings is 1. The molecule has 2 aromatic rings. The average Bonchev–Trinajstić information content (AvgIpc) is 2.81. The van der Waals surface area contributed by atoms with Gasteiger partial charge >= 0.3 is 0 Å². The smallest absolute Gasteiger partial charge is 0.134 e. The Balaban J connectivity index is 2.23. The van der Waals surface area contributed by atoms with E-state index < -0.39 is 0 Å². The van der Waals surface area contributed by atoms with Gasteiger partial charge < -0.3 is 14.5 Å². The van der Waals surface area contributed by atoms with Crippen molar-refractivity contribution >= 4 is 11.0 Å². The maximum absolute atomic E-state index is 5.99. The Hall–Kier alpha value is -1.36. The third-order valence-electron chi connectivity index (χ3n) is 3.42. The summed E-state index contributed by atoms with van der Waals surface area (Å²) in [6, 6.07) is 8.24. The van der Waals surface area contributed by atoms with Crippen LogP contribution in [0.15, 0.2) is 28.7 Å². The van der Waals surface area contributed by atoms with Crippen molar-refractivity contribution in [3.05, 3.63) is 35.6 Å². The first-order valence-electron chi connectivity index (χ1n) is 7.13. The van der Waals surface area contributed by atoms with Crippen molar-refractivity contribution in [1.82, 2.24) is 10.2 Å². The fourth-order valence-electron chi connectivity index (χ4n) is 2.30. The van der Waals surface area contributed by atoms with Crippen LogP contribution in [-0.2, 0) is 17.8 Å². The van der Waals surface area contributed by atoms with Gasteiger partial charge in [0.2, 0.25) is 0 Å². The highest BCUT2D eigenvalue weighted by Crippen LogP contribution is 2.26. The van der Waals surface area contributed by atoms with Gasteiger partial charge in [-0.2, -0.15) is 0 Å². The normalized spacial score (nSPS) is 11.6. The molecule has 0 saturated heterocycles. The zero-order valence-electron chi connectivity index (χ0n) is 12.6. The van der Waals surface area contributed by atoms with Crippen LogP contribution in [0.5, 0.6) is 0 Å². The van der Waals surface area contributed by atoms with Gasteiger partial charge in [0.25, 0.3) is 0 Å². The van der Waals surface area contributed by atoms with Gasteiger partial charge in [-0.05, 0) is 19.7 Å². The summed E-state index contributed by atoms with van der Waals surface area (Å²) in [5, 5.41) is 4.56. The zero-order chi connectivity index (χ0) is 14.4. The lowest BCUT2D eigenvalue weighted by molar-refractivity contribution is 0.158. The molecule has 0 bridgehead atoms. The number of benzene rings is 1. The van der Waals surface area contributed by atoms with Crippen LogP contribution >= 0.6 is 0 Å². The molecular weight excluding hydrogens is 252 g/mol. The number of hydrogen-bond acceptors (Lipinski definition) is 4. The van der Waals surface area contributed by atoms with Gasteiger partial charge in [0.1, 0.15) is 11.3 Å². The molecule has 0 saturated carbocycles. The Bertz CT molecular complexity index is 536. The van der Waals surface area contributed by atoms with Gasteiger partial charge in [-0.3, -0.25) is 4.90 Å². The molecule has 0 spiro atoms. The third-order valence-corrected chi connectivity index (χ3v) is 3.42. The SMILES string of the molecule is CCNCc1oc2ccccc2c1CN(C)CCOC. The summed E-state index contributed by atoms with van der Waals surface area (Å²) >= 11 is 0. The molecule has 1 N–H and O–H groups in total. The van der Waals surface area contributed by atoms with Crippen molar-refractivity contribution < 1.29 is 9.15 Å². The minimum Gasteiger partial charge on any atom is -0.459 e. The van der Waals surface area contributed by atoms with Crippen molar-refractivity contribution in [2.75, 3.05) is 33.9 Å². The van der Waals surface area contributed by atoms with Crippen molar-refractivity contribution in [2.24, 2.45) is 0 Å². The lowest BCUT2D eigenvalue weighted by atomic mass is 10.1. The van der Waals surface area contributed by atoms with E-state index >= 15 is 0 Å². The molecule has 0 aliphatic rings. The largest absolute Gasteiger partial charge is 0.459 e. The van der Waals surface area contributed by atoms with Crippen LogP contribution in [0.2, 0.25) is 0 Å². The third kappa shape index (κ3) is 3.60. The molecule has 0 aliphatic carbocycles. The maximum Gasteiger partial charge on any atom is 0.134 e. The Morgan fingerprint density at radius 1 is 1.30 bits per heavy atom. The molecule has 1 aromatic heterocycles. The van der Waals surface area contributed by atoms with E-state index in [-0.39, 0.29) is 0 Å². The molecule has 1 aromatic carbocycles. The van der Waals surface area contributed by atoms with E-state index in [4.69, 9.17) is 9.15 Å². The van der Waals surface area contributed by atoms with Gasteiger partial charge in [0, 0.05) is 31.1 Å². The molecule has 4 heteroatoms. The lowest BCUT2D eigenvalue weighted by Crippen LogP contribution is -2.23. The second kappa shape index (κ2) is 7.43. The van der Waals surface area contributed by atoms with Crippen LogP contribution < -0.4 is 5.32 Å². The molecule has 0 amide bonds. The first-order valence-corrected chi connectivity index (χ1v) is 7.13. The molecule has 1 heterocycles. The predicted molar refractivity (Wildman–Crippen MR) is 81.8 cm³/mol. The van der Waals surface area contributed by atoms with E-state index in [9.17, 15) is 0 Å². The fraction of sp³-hybridized carbons (Fsp3) is 0.500. The van der Waals surface area contributed by atoms with Crippen LogP contribution in [0.4, 0.5) is 0 Å². The lowest BCUT2D eigenvalue weighted by Gasteiger charge is -2.16. The average molecular weight is 276 g/mol. The number of likely N-dealkylation sites (N-methyl/N-ethyl adjacent to an activating group) is 1. The molecular formula is C16H24N2O2. The highest BCUT2D eigenvalue weighted by Gasteiger charge is 2.14. The standard InChI is InChI=1S/C16H24N2O2/c1-4-17-11-16-14(12-18(2)9-10-19-3)13-7-5-6-8-15(13)20-16/h5-8,17H,4,9-12H2,1-3H3. The van der Waals surface area contributed by atoms with Crippen LogP contribution in [0.1, 0.15) is 18.2 Å². The second-order valence-corrected chi connectivity index (χ2v) is 5.01. The van der Waals surface area contributed by atoms with E-state index in [1.807, 2.05) is 12.1 Å². The van der Waals surface area contributed by atoms with E-state index in [1.165, 1.54) is 10.9 Å². The first kappa shape index (κ1) is 15.0. The van der Waals surface area contributed by atoms with E-state index in [1.54, 1.807) is 7.11 Å². The molecule has 110 valence electrons. The van der Waals surface area contributed by atoms with Crippen molar-refractivity contribution in [2.45, 2.75) is 20.0 Å². The van der Waals surface area contributed by atoms with E-state index in [2.05, 4.69) is 36.3 Å². The topological polar surface area (TPSA) is 37.6 Å². The first-order chi connectivity index (χ1) is 9.76. The van der Waals surface area contributed by atoms with Gasteiger partial charge in [0.15, 0.2) is 0 Å². The molecule has 0 fully saturated rings. The molecule has 0 atom stereocenters. The van der Waals surface area contributed by atoms with Gasteiger partial charge in [0.05, 0.1) is 13.2 Å². The molecule has 2 rings (SSSR count). The molecule has 0 radical (unpaired) electrons. The van der Waals surface area contributed by atoms with Gasteiger partial charge in [-0.15, -0.1) is 0 Å². The van der Waals surface area contributed by atoms with Crippen LogP contribution in [-0.4, -0.2) is 38.8 Å². The molecule has 0 aliphatic heterocycles. The number of para-hydroxylation sites is 1. The maximum atomic E-state index is 5.99. The van der Waals surface area contributed by atoms with Crippen molar-refractivity contribution in [1.29, 1.82) is 0 Å². The molecule has 0 unspecified atom stereocenters. The minimum atomic E-state index is 0.745. The minimum absolute atomic E-state index is 0.745. The molecule has 4 nitrogen and oxygen atoms in total. The summed E-state index contributed by atoms with van der Waals surface area (Å²) in [5.41, 5.74) is 2.25. The Morgan fingerprint density at radius 2 is 2.10 bits per heavy atom. The summed E-state index contributed by atoms with van der Waals surface area (Å²) in [6.45, 7) is 6.36. The Kier molecular flexibility index (Phi) is 5.59. The summed E-state index contributed by atoms with van der Waals surface area (Å²) in [7, 11) is 3.84. The predicted octanol–water partition coefficient (Wildman–Crippen LogP) is 2.62. The zero-order valence-corrected chi connectivity index (χ0v) is 12.6. The number of rotatable bonds is 8. The Labute approximate surface area is 120 Å². The number of nitrogens with one attached hydrogen (secondary N) is 1. The van der Waals surface area contributed by atoms with Crippen LogP contribution in [0, 0.1) is 0 Å². The van der Waals surface area contributed by atoms with Gasteiger partial charge in [-0.1, -0.05) is 25.1 Å². The monoisotopic (exact) mass is 276 g/mol. The van der Waals surface area contributed by atoms with E-state index in [0.717, 1.165) is 44.1 Å². The van der Waals surface area contributed by atoms with E-state index in [0.29, 0.717) is 0 Å². The van der Waals surface area contributed by atoms with Crippen molar-refractivity contribution in [3.63, 3.8) is 0 Å². The number of ether oxygens (including phenoxy) is 1. The summed E-state index contributed by atoms with van der Waals surface area (Å²) < 4.78 is 11.1. The van der Waals surface area contributed by atoms with Crippen molar-refractivity contribution in [3.8, 4) is 0 Å². The highest BCUT2D eigenvalue weighted by atomic mass is 16.5. The second-order valence-electron chi connectivity index (χ2n) is 5.01. The highest BCUT2D eigenvalue weighted by molar-refractivity contribution is 5.82. The summed E-state index contributed by atoms with van der Waals surface area (Å²) in [5.74, 6) is 1.04. The number of fused-ring (bicyclic) bond motifs is 1.